The first-order valence-electron chi connectivity index (χ1n) is 11.1. The Hall–Kier alpha value is -3.68. The van der Waals surface area contributed by atoms with Crippen LogP contribution in [0.2, 0.25) is 0 Å². The highest BCUT2D eigenvalue weighted by Gasteiger charge is 2.22. The predicted octanol–water partition coefficient (Wildman–Crippen LogP) is -0.00950. The maximum atomic E-state index is 13.5. The van der Waals surface area contributed by atoms with E-state index in [1.165, 1.54) is 0 Å². The lowest BCUT2D eigenvalue weighted by Gasteiger charge is -2.20. The second kappa shape index (κ2) is 8.35. The number of nitrogens with zero attached hydrogens (tertiary/aromatic N) is 3. The number of rotatable bonds is 4. The van der Waals surface area contributed by atoms with Crippen LogP contribution in [-0.2, 0) is 6.54 Å². The summed E-state index contributed by atoms with van der Waals surface area (Å²) in [7, 11) is 1.93. The SMILES string of the molecule is Bc1cccc(Cn2cc(C(=O)c3ccc4c(c3)OCCO4)c(=O)c3c2=NC(C)C(C)C=3)n1. The molecule has 7 nitrogen and oxygen atoms in total. The molecule has 33 heavy (non-hydrogen) atoms. The third kappa shape index (κ3) is 3.97. The molecule has 8 heteroatoms. The number of ether oxygens (including phenoxy) is 2. The minimum absolute atomic E-state index is 0.0352. The number of aromatic nitrogens is 2. The van der Waals surface area contributed by atoms with Crippen molar-refractivity contribution < 1.29 is 14.3 Å². The van der Waals surface area contributed by atoms with Gasteiger partial charge in [0, 0.05) is 11.8 Å². The fourth-order valence-electron chi connectivity index (χ4n) is 4.17. The average Bonchev–Trinajstić information content (AvgIpc) is 2.81. The van der Waals surface area contributed by atoms with Crippen molar-refractivity contribution in [1.29, 1.82) is 0 Å². The molecule has 0 bridgehead atoms. The third-order valence-electron chi connectivity index (χ3n) is 6.13. The van der Waals surface area contributed by atoms with Crippen LogP contribution in [0.5, 0.6) is 11.5 Å². The van der Waals surface area contributed by atoms with E-state index in [4.69, 9.17) is 14.5 Å². The van der Waals surface area contributed by atoms with Crippen molar-refractivity contribution in [3.8, 4) is 11.5 Å². The molecule has 0 saturated heterocycles. The van der Waals surface area contributed by atoms with Crippen molar-refractivity contribution in [2.24, 2.45) is 10.9 Å². The molecule has 0 saturated carbocycles. The lowest BCUT2D eigenvalue weighted by molar-refractivity contribution is 0.103. The van der Waals surface area contributed by atoms with Gasteiger partial charge in [-0.3, -0.25) is 19.6 Å². The van der Waals surface area contributed by atoms with Crippen molar-refractivity contribution in [2.45, 2.75) is 26.4 Å². The largest absolute Gasteiger partial charge is 0.486 e. The molecule has 2 aliphatic heterocycles. The molecule has 2 aliphatic rings. The molecule has 0 radical (unpaired) electrons. The summed E-state index contributed by atoms with van der Waals surface area (Å²) >= 11 is 0. The number of hydrogen-bond acceptors (Lipinski definition) is 6. The molecule has 0 amide bonds. The lowest BCUT2D eigenvalue weighted by Crippen LogP contribution is -2.51. The topological polar surface area (TPSA) is 82.8 Å². The standard InChI is InChI=1S/C25H24BN3O4/c1-14-10-18-24(31)19(23(30)16-6-7-20-21(11-16)33-9-8-32-20)13-29(25(18)27-15(14)2)12-17-4-3-5-22(26)28-17/h3-7,10-11,13-15H,8-9,12,26H2,1-2H3. The number of hydrogen-bond donors (Lipinski definition) is 0. The van der Waals surface area contributed by atoms with E-state index in [9.17, 15) is 9.59 Å². The van der Waals surface area contributed by atoms with Gasteiger partial charge in [-0.1, -0.05) is 25.1 Å². The fourth-order valence-corrected chi connectivity index (χ4v) is 4.17. The first-order chi connectivity index (χ1) is 15.9. The summed E-state index contributed by atoms with van der Waals surface area (Å²) in [5.41, 5.74) is 2.51. The normalized spacial score (nSPS) is 18.6. The van der Waals surface area contributed by atoms with Crippen LogP contribution >= 0.6 is 0 Å². The van der Waals surface area contributed by atoms with Crippen LogP contribution in [0.4, 0.5) is 0 Å². The quantitative estimate of drug-likeness (QED) is 0.420. The summed E-state index contributed by atoms with van der Waals surface area (Å²) in [6, 6.07) is 10.9. The van der Waals surface area contributed by atoms with Crippen LogP contribution in [0, 0.1) is 5.92 Å². The summed E-state index contributed by atoms with van der Waals surface area (Å²) in [4.78, 5) is 36.3. The van der Waals surface area contributed by atoms with E-state index in [2.05, 4.69) is 4.98 Å². The van der Waals surface area contributed by atoms with E-state index >= 15 is 0 Å². The maximum Gasteiger partial charge on any atom is 0.201 e. The number of benzene rings is 1. The molecule has 0 N–H and O–H groups in total. The van der Waals surface area contributed by atoms with Crippen molar-refractivity contribution in [3.05, 3.63) is 80.3 Å². The van der Waals surface area contributed by atoms with Gasteiger partial charge < -0.3 is 14.0 Å². The monoisotopic (exact) mass is 441 g/mol. The molecule has 0 spiro atoms. The molecule has 4 heterocycles. The number of carbonyl (C=O) groups is 1. The van der Waals surface area contributed by atoms with Crippen molar-refractivity contribution in [3.63, 3.8) is 0 Å². The van der Waals surface area contributed by atoms with E-state index in [0.29, 0.717) is 47.5 Å². The van der Waals surface area contributed by atoms with Crippen molar-refractivity contribution in [1.82, 2.24) is 9.55 Å². The molecule has 1 aromatic carbocycles. The van der Waals surface area contributed by atoms with Crippen LogP contribution in [0.3, 0.4) is 0 Å². The Kier molecular flexibility index (Phi) is 5.36. The van der Waals surface area contributed by atoms with Gasteiger partial charge in [-0.25, -0.2) is 0 Å². The van der Waals surface area contributed by atoms with Crippen molar-refractivity contribution >= 4 is 25.3 Å². The molecule has 0 aliphatic carbocycles. The zero-order chi connectivity index (χ0) is 23.1. The van der Waals surface area contributed by atoms with E-state index in [1.807, 2.05) is 50.5 Å². The minimum atomic E-state index is -0.356. The van der Waals surface area contributed by atoms with Gasteiger partial charge in [0.05, 0.1) is 29.1 Å². The summed E-state index contributed by atoms with van der Waals surface area (Å²) in [6.07, 6.45) is 3.54. The molecule has 3 aromatic rings. The number of ketones is 1. The highest BCUT2D eigenvalue weighted by atomic mass is 16.6. The van der Waals surface area contributed by atoms with Gasteiger partial charge in [-0.05, 0) is 42.7 Å². The summed E-state index contributed by atoms with van der Waals surface area (Å²) < 4.78 is 13.0. The smallest absolute Gasteiger partial charge is 0.201 e. The van der Waals surface area contributed by atoms with Gasteiger partial charge in [-0.2, -0.15) is 0 Å². The van der Waals surface area contributed by atoms with E-state index < -0.39 is 0 Å². The lowest BCUT2D eigenvalue weighted by atomic mass is 9.98. The van der Waals surface area contributed by atoms with Gasteiger partial charge in [0.15, 0.2) is 25.1 Å². The molecular formula is C25H24BN3O4. The first-order valence-corrected chi connectivity index (χ1v) is 11.1. The van der Waals surface area contributed by atoms with Crippen molar-refractivity contribution in [2.75, 3.05) is 13.2 Å². The summed E-state index contributed by atoms with van der Waals surface area (Å²) in [5.74, 6) is 0.847. The Morgan fingerprint density at radius 1 is 1.15 bits per heavy atom. The minimum Gasteiger partial charge on any atom is -0.486 e. The van der Waals surface area contributed by atoms with Gasteiger partial charge in [0.2, 0.25) is 5.43 Å². The van der Waals surface area contributed by atoms with Crippen LogP contribution in [0.25, 0.3) is 6.08 Å². The zero-order valence-corrected chi connectivity index (χ0v) is 18.9. The van der Waals surface area contributed by atoms with E-state index in [1.54, 1.807) is 24.4 Å². The Labute approximate surface area is 191 Å². The van der Waals surface area contributed by atoms with Gasteiger partial charge >= 0.3 is 0 Å². The highest BCUT2D eigenvalue weighted by molar-refractivity contribution is 6.30. The maximum absolute atomic E-state index is 13.5. The molecule has 2 aromatic heterocycles. The molecular weight excluding hydrogens is 417 g/mol. The summed E-state index contributed by atoms with van der Waals surface area (Å²) in [6.45, 7) is 5.35. The van der Waals surface area contributed by atoms with E-state index in [-0.39, 0.29) is 28.7 Å². The number of fused-ring (bicyclic) bond motifs is 2. The Morgan fingerprint density at radius 2 is 1.94 bits per heavy atom. The summed E-state index contributed by atoms with van der Waals surface area (Å²) in [5, 5.41) is 0.469. The molecule has 0 fully saturated rings. The Bertz CT molecular complexity index is 1450. The molecule has 166 valence electrons. The second-order valence-electron chi connectivity index (χ2n) is 8.59. The van der Waals surface area contributed by atoms with E-state index in [0.717, 1.165) is 11.3 Å². The van der Waals surface area contributed by atoms with Crippen LogP contribution < -0.4 is 31.2 Å². The van der Waals surface area contributed by atoms with Gasteiger partial charge in [0.25, 0.3) is 0 Å². The molecule has 2 unspecified atom stereocenters. The van der Waals surface area contributed by atoms with Crippen LogP contribution in [0.15, 0.2) is 52.4 Å². The van der Waals surface area contributed by atoms with Crippen LogP contribution in [-0.4, -0.2) is 42.4 Å². The predicted molar refractivity (Wildman–Crippen MR) is 127 cm³/mol. The molecule has 2 atom stereocenters. The highest BCUT2D eigenvalue weighted by Crippen LogP contribution is 2.31. The average molecular weight is 441 g/mol. The zero-order valence-electron chi connectivity index (χ0n) is 18.9. The van der Waals surface area contributed by atoms with Crippen LogP contribution in [0.1, 0.15) is 35.5 Å². The number of pyridine rings is 2. The van der Waals surface area contributed by atoms with Gasteiger partial charge in [-0.15, -0.1) is 0 Å². The third-order valence-corrected chi connectivity index (χ3v) is 6.13. The number of carbonyl (C=O) groups excluding carboxylic acids is 1. The van der Waals surface area contributed by atoms with Gasteiger partial charge in [0.1, 0.15) is 18.7 Å². The second-order valence-corrected chi connectivity index (χ2v) is 8.59. The molecule has 5 rings (SSSR count). The fraction of sp³-hybridized carbons (Fsp3) is 0.280. The first kappa shape index (κ1) is 21.2. The Balaban J connectivity index is 1.66. The Morgan fingerprint density at radius 3 is 2.73 bits per heavy atom.